The zero-order chi connectivity index (χ0) is 22.5. The standard InChI is InChI=1S/C21H23N5O3.C2H6/c1-5-6-25-11-15(10-23-25)26-12-17-19(21(26)27)13(2)7-16(24-17)14-8-18(28-3)20(29-4)22-9-14;1-2/h7-11H,5-6,12H2,1-4H3;1-2H3. The first-order valence-corrected chi connectivity index (χ1v) is 10.5. The van der Waals surface area contributed by atoms with Crippen LogP contribution in [0.25, 0.3) is 11.3 Å². The predicted octanol–water partition coefficient (Wildman–Crippen LogP) is 4.26. The van der Waals surface area contributed by atoms with E-state index in [1.54, 1.807) is 31.5 Å². The second-order valence-corrected chi connectivity index (χ2v) is 6.93. The quantitative estimate of drug-likeness (QED) is 0.589. The lowest BCUT2D eigenvalue weighted by Gasteiger charge is -2.12. The summed E-state index contributed by atoms with van der Waals surface area (Å²) in [5.41, 5.74) is 4.62. The molecule has 0 spiro atoms. The van der Waals surface area contributed by atoms with Crippen molar-refractivity contribution in [3.63, 3.8) is 0 Å². The summed E-state index contributed by atoms with van der Waals surface area (Å²) in [4.78, 5) is 23.8. The van der Waals surface area contributed by atoms with E-state index in [-0.39, 0.29) is 5.91 Å². The molecule has 1 amide bonds. The Kier molecular flexibility index (Phi) is 6.89. The van der Waals surface area contributed by atoms with E-state index in [1.807, 2.05) is 43.8 Å². The molecule has 0 unspecified atom stereocenters. The van der Waals surface area contributed by atoms with Crippen molar-refractivity contribution >= 4 is 11.6 Å². The molecule has 4 rings (SSSR count). The number of fused-ring (bicyclic) bond motifs is 1. The molecule has 1 aliphatic rings. The van der Waals surface area contributed by atoms with Crippen LogP contribution in [0.4, 0.5) is 5.69 Å². The monoisotopic (exact) mass is 423 g/mol. The van der Waals surface area contributed by atoms with Crippen LogP contribution in [0.15, 0.2) is 30.7 Å². The Morgan fingerprint density at radius 1 is 1.13 bits per heavy atom. The third-order valence-electron chi connectivity index (χ3n) is 4.97. The van der Waals surface area contributed by atoms with Crippen LogP contribution >= 0.6 is 0 Å². The number of rotatable bonds is 6. The molecule has 0 saturated carbocycles. The van der Waals surface area contributed by atoms with E-state index in [4.69, 9.17) is 14.5 Å². The Labute approximate surface area is 182 Å². The average molecular weight is 424 g/mol. The van der Waals surface area contributed by atoms with Crippen LogP contribution in [0, 0.1) is 6.92 Å². The summed E-state index contributed by atoms with van der Waals surface area (Å²) in [7, 11) is 3.12. The van der Waals surface area contributed by atoms with E-state index >= 15 is 0 Å². The maximum absolute atomic E-state index is 13.0. The van der Waals surface area contributed by atoms with Gasteiger partial charge in [0.25, 0.3) is 11.8 Å². The van der Waals surface area contributed by atoms with Gasteiger partial charge in [-0.15, -0.1) is 0 Å². The molecule has 1 aliphatic heterocycles. The van der Waals surface area contributed by atoms with E-state index in [9.17, 15) is 4.79 Å². The summed E-state index contributed by atoms with van der Waals surface area (Å²) in [6.45, 7) is 9.26. The molecule has 0 saturated heterocycles. The molecule has 0 bridgehead atoms. The molecule has 0 fully saturated rings. The lowest BCUT2D eigenvalue weighted by molar-refractivity contribution is 0.0996. The van der Waals surface area contributed by atoms with Gasteiger partial charge in [0.05, 0.1) is 49.6 Å². The van der Waals surface area contributed by atoms with Crippen molar-refractivity contribution in [1.82, 2.24) is 19.7 Å². The van der Waals surface area contributed by atoms with Crippen molar-refractivity contribution in [1.29, 1.82) is 0 Å². The molecule has 0 atom stereocenters. The Hall–Kier alpha value is -3.42. The first kappa shape index (κ1) is 22.3. The molecule has 0 radical (unpaired) electrons. The van der Waals surface area contributed by atoms with Crippen molar-refractivity contribution in [3.8, 4) is 22.9 Å². The fourth-order valence-electron chi connectivity index (χ4n) is 3.57. The molecule has 8 heteroatoms. The molecule has 3 aromatic rings. The summed E-state index contributed by atoms with van der Waals surface area (Å²) < 4.78 is 12.4. The number of aromatic nitrogens is 4. The van der Waals surface area contributed by atoms with Gasteiger partial charge in [-0.05, 0) is 31.0 Å². The maximum Gasteiger partial charge on any atom is 0.260 e. The third kappa shape index (κ3) is 4.23. The zero-order valence-electron chi connectivity index (χ0n) is 19.0. The number of nitrogens with zero attached hydrogens (tertiary/aromatic N) is 5. The van der Waals surface area contributed by atoms with Crippen LogP contribution in [-0.4, -0.2) is 39.9 Å². The van der Waals surface area contributed by atoms with Crippen LogP contribution in [0.1, 0.15) is 48.8 Å². The molecular formula is C23H29N5O3. The number of anilines is 1. The second-order valence-electron chi connectivity index (χ2n) is 6.93. The van der Waals surface area contributed by atoms with Crippen LogP contribution in [0.5, 0.6) is 11.6 Å². The lowest BCUT2D eigenvalue weighted by Crippen LogP contribution is -2.22. The summed E-state index contributed by atoms with van der Waals surface area (Å²) >= 11 is 0. The molecule has 4 heterocycles. The highest BCUT2D eigenvalue weighted by Crippen LogP contribution is 2.34. The highest BCUT2D eigenvalue weighted by atomic mass is 16.5. The van der Waals surface area contributed by atoms with Crippen molar-refractivity contribution in [2.45, 2.75) is 47.2 Å². The van der Waals surface area contributed by atoms with Crippen molar-refractivity contribution in [3.05, 3.63) is 47.5 Å². The topological polar surface area (TPSA) is 82.4 Å². The van der Waals surface area contributed by atoms with Gasteiger partial charge in [0.2, 0.25) is 0 Å². The van der Waals surface area contributed by atoms with Gasteiger partial charge in [-0.2, -0.15) is 5.10 Å². The van der Waals surface area contributed by atoms with Crippen molar-refractivity contribution < 1.29 is 14.3 Å². The highest BCUT2D eigenvalue weighted by Gasteiger charge is 2.32. The fraction of sp³-hybridized carbons (Fsp3) is 0.391. The molecule has 164 valence electrons. The van der Waals surface area contributed by atoms with Gasteiger partial charge in [0.15, 0.2) is 5.75 Å². The van der Waals surface area contributed by atoms with Gasteiger partial charge in [-0.25, -0.2) is 4.98 Å². The van der Waals surface area contributed by atoms with Crippen molar-refractivity contribution in [2.75, 3.05) is 19.1 Å². The number of carbonyl (C=O) groups excluding carboxylic acids is 1. The smallest absolute Gasteiger partial charge is 0.260 e. The first-order chi connectivity index (χ1) is 15.0. The average Bonchev–Trinajstić information content (AvgIpc) is 3.39. The lowest BCUT2D eigenvalue weighted by atomic mass is 10.1. The molecule has 8 nitrogen and oxygen atoms in total. The third-order valence-corrected chi connectivity index (χ3v) is 4.97. The highest BCUT2D eigenvalue weighted by molar-refractivity contribution is 6.10. The normalized spacial score (nSPS) is 12.3. The summed E-state index contributed by atoms with van der Waals surface area (Å²) in [6.07, 6.45) is 6.31. The number of methoxy groups -OCH3 is 2. The number of aryl methyl sites for hydroxylation is 2. The van der Waals surface area contributed by atoms with Gasteiger partial charge in [0, 0.05) is 24.5 Å². The van der Waals surface area contributed by atoms with Crippen LogP contribution in [0.2, 0.25) is 0 Å². The Balaban J connectivity index is 0.00000132. The van der Waals surface area contributed by atoms with Crippen LogP contribution in [0.3, 0.4) is 0 Å². The van der Waals surface area contributed by atoms with E-state index in [0.717, 1.165) is 41.2 Å². The van der Waals surface area contributed by atoms with Crippen LogP contribution in [-0.2, 0) is 13.1 Å². The minimum absolute atomic E-state index is 0.0435. The summed E-state index contributed by atoms with van der Waals surface area (Å²) in [5.74, 6) is 0.906. The molecule has 0 aromatic carbocycles. The number of hydrogen-bond acceptors (Lipinski definition) is 6. The van der Waals surface area contributed by atoms with Gasteiger partial charge >= 0.3 is 0 Å². The largest absolute Gasteiger partial charge is 0.491 e. The SMILES string of the molecule is CC.CCCn1cc(N2Cc3nc(-c4cnc(OC)c(OC)c4)cc(C)c3C2=O)cn1. The number of pyridine rings is 2. The van der Waals surface area contributed by atoms with E-state index in [0.29, 0.717) is 23.7 Å². The fourth-order valence-corrected chi connectivity index (χ4v) is 3.57. The van der Waals surface area contributed by atoms with Crippen molar-refractivity contribution in [2.24, 2.45) is 0 Å². The summed E-state index contributed by atoms with van der Waals surface area (Å²) in [6, 6.07) is 3.74. The first-order valence-electron chi connectivity index (χ1n) is 10.5. The minimum atomic E-state index is -0.0435. The zero-order valence-corrected chi connectivity index (χ0v) is 19.0. The number of amides is 1. The Morgan fingerprint density at radius 3 is 2.58 bits per heavy atom. The van der Waals surface area contributed by atoms with E-state index in [2.05, 4.69) is 17.0 Å². The van der Waals surface area contributed by atoms with Gasteiger partial charge in [-0.1, -0.05) is 20.8 Å². The molecule has 3 aromatic heterocycles. The molecular weight excluding hydrogens is 394 g/mol. The number of hydrogen-bond donors (Lipinski definition) is 0. The molecule has 0 N–H and O–H groups in total. The summed E-state index contributed by atoms with van der Waals surface area (Å²) in [5, 5.41) is 4.34. The van der Waals surface area contributed by atoms with Crippen LogP contribution < -0.4 is 14.4 Å². The molecule has 0 aliphatic carbocycles. The van der Waals surface area contributed by atoms with Gasteiger partial charge in [0.1, 0.15) is 0 Å². The van der Waals surface area contributed by atoms with E-state index < -0.39 is 0 Å². The second kappa shape index (κ2) is 9.59. The Bertz CT molecular complexity index is 1080. The molecule has 31 heavy (non-hydrogen) atoms. The van der Waals surface area contributed by atoms with E-state index in [1.165, 1.54) is 0 Å². The predicted molar refractivity (Wildman–Crippen MR) is 120 cm³/mol. The Morgan fingerprint density at radius 2 is 1.90 bits per heavy atom. The van der Waals surface area contributed by atoms with Gasteiger partial charge in [-0.3, -0.25) is 19.4 Å². The minimum Gasteiger partial charge on any atom is -0.491 e. The number of ether oxygens (including phenoxy) is 2. The maximum atomic E-state index is 13.0. The van der Waals surface area contributed by atoms with Gasteiger partial charge < -0.3 is 9.47 Å². The number of carbonyl (C=O) groups is 1.